The predicted molar refractivity (Wildman–Crippen MR) is 333 cm³/mol. The van der Waals surface area contributed by atoms with Gasteiger partial charge in [0.2, 0.25) is 11.8 Å². The number of benzene rings is 6. The number of carbonyl (C=O) groups is 4. The van der Waals surface area contributed by atoms with Crippen LogP contribution < -0.4 is 33.6 Å². The topological polar surface area (TPSA) is 226 Å². The van der Waals surface area contributed by atoms with Crippen LogP contribution in [-0.2, 0) is 23.9 Å². The number of aliphatic carboxylic acids is 1. The van der Waals surface area contributed by atoms with Gasteiger partial charge in [0.05, 0.1) is 18.7 Å². The Morgan fingerprint density at radius 2 is 0.608 bits per heavy atom. The SMILES string of the molecule is CC(=O)NC(C)c1ccc(Cl)cc1.CC(=O)NC(C)c1ccc(Cl)cc1.CC(N)c1ccc(Cl)cc1.CC(N)c1ccc(Cl)cc1.CC(N)c1ccc(Cl)cc1.CC(N)c1ccc(Cl)cc1.CCC(=O)O.CCCCOC(C)=O. The third-order valence-electron chi connectivity index (χ3n) is 10.3. The fourth-order valence-electron chi connectivity index (χ4n) is 5.70. The average Bonchev–Trinajstić information content (AvgIpc) is 3.38. The van der Waals surface area contributed by atoms with Gasteiger partial charge >= 0.3 is 11.9 Å². The molecule has 12 nitrogen and oxygen atoms in total. The molecular weight excluding hydrogens is 1130 g/mol. The van der Waals surface area contributed by atoms with E-state index < -0.39 is 5.97 Å². The first-order valence-corrected chi connectivity index (χ1v) is 27.7. The molecule has 0 aromatic heterocycles. The molecule has 0 saturated carbocycles. The number of carboxylic acids is 1. The van der Waals surface area contributed by atoms with Gasteiger partial charge in [-0.15, -0.1) is 0 Å². The van der Waals surface area contributed by atoms with Crippen molar-refractivity contribution in [2.24, 2.45) is 22.9 Å². The molecule has 0 aliphatic rings. The van der Waals surface area contributed by atoms with E-state index in [9.17, 15) is 19.2 Å². The van der Waals surface area contributed by atoms with E-state index >= 15 is 0 Å². The maximum atomic E-state index is 10.8. The molecular formula is C61H82Cl6N6O6. The molecule has 18 heteroatoms. The number of halogens is 6. The summed E-state index contributed by atoms with van der Waals surface area (Å²) < 4.78 is 4.64. The van der Waals surface area contributed by atoms with Crippen molar-refractivity contribution in [2.75, 3.05) is 6.61 Å². The van der Waals surface area contributed by atoms with Crippen LogP contribution in [0.25, 0.3) is 0 Å². The van der Waals surface area contributed by atoms with Crippen molar-refractivity contribution in [3.63, 3.8) is 0 Å². The van der Waals surface area contributed by atoms with Gasteiger partial charge in [-0.3, -0.25) is 19.2 Å². The van der Waals surface area contributed by atoms with Crippen LogP contribution in [-0.4, -0.2) is 35.5 Å². The average molecular weight is 1210 g/mol. The lowest BCUT2D eigenvalue weighted by molar-refractivity contribution is -0.141. The predicted octanol–water partition coefficient (Wildman–Crippen LogP) is 16.3. The molecule has 6 aromatic rings. The Morgan fingerprint density at radius 3 is 0.747 bits per heavy atom. The van der Waals surface area contributed by atoms with Gasteiger partial charge in [-0.1, -0.05) is 163 Å². The van der Waals surface area contributed by atoms with E-state index in [1.807, 2.05) is 187 Å². The summed E-state index contributed by atoms with van der Waals surface area (Å²) in [6, 6.07) is 45.6. The van der Waals surface area contributed by atoms with E-state index in [0.717, 1.165) is 66.3 Å². The zero-order valence-corrected chi connectivity index (χ0v) is 51.8. The number of amides is 2. The Bertz CT molecular complexity index is 2290. The zero-order valence-electron chi connectivity index (χ0n) is 47.2. The summed E-state index contributed by atoms with van der Waals surface area (Å²) in [6.45, 7) is 20.3. The number of hydrogen-bond donors (Lipinski definition) is 7. The Kier molecular flexibility index (Phi) is 42.7. The minimum atomic E-state index is -0.745. The van der Waals surface area contributed by atoms with E-state index in [4.69, 9.17) is 97.6 Å². The lowest BCUT2D eigenvalue weighted by atomic mass is 10.1. The number of nitrogens with two attached hydrogens (primary N) is 4. The molecule has 6 rings (SSSR count). The Morgan fingerprint density at radius 1 is 0.418 bits per heavy atom. The summed E-state index contributed by atoms with van der Waals surface area (Å²) in [7, 11) is 0. The van der Waals surface area contributed by atoms with E-state index in [0.29, 0.717) is 16.7 Å². The molecule has 434 valence electrons. The van der Waals surface area contributed by atoms with E-state index in [1.54, 1.807) is 6.92 Å². The third kappa shape index (κ3) is 41.5. The minimum Gasteiger partial charge on any atom is -0.481 e. The van der Waals surface area contributed by atoms with Crippen LogP contribution in [0.2, 0.25) is 30.1 Å². The van der Waals surface area contributed by atoms with E-state index in [2.05, 4.69) is 22.3 Å². The number of nitrogens with one attached hydrogen (secondary N) is 2. The number of hydrogen-bond acceptors (Lipinski definition) is 9. The quantitative estimate of drug-likeness (QED) is 0.0453. The van der Waals surface area contributed by atoms with Crippen molar-refractivity contribution in [3.8, 4) is 0 Å². The van der Waals surface area contributed by atoms with Crippen molar-refractivity contribution < 1.29 is 29.0 Å². The Labute approximate surface area is 500 Å². The van der Waals surface area contributed by atoms with Crippen LogP contribution in [0.5, 0.6) is 0 Å². The van der Waals surface area contributed by atoms with Gasteiger partial charge in [-0.25, -0.2) is 0 Å². The standard InChI is InChI=1S/2C10H12ClNO.4C8H10ClN.C6H12O2.C3H6O2/c2*1-7(12-8(2)13)9-3-5-10(11)6-4-9;4*1-6(10)7-2-4-8(9)5-3-7;1-3-4-5-8-6(2)7;1-2-3(4)5/h2*3-7H,1-2H3,(H,12,13);4*2-6H,10H2,1H3;3-5H2,1-2H3;2H2,1H3,(H,4,5). The number of ether oxygens (including phenoxy) is 1. The second-order valence-corrected chi connectivity index (χ2v) is 20.4. The van der Waals surface area contributed by atoms with Crippen molar-refractivity contribution >= 4 is 93.4 Å². The van der Waals surface area contributed by atoms with Crippen LogP contribution in [0.3, 0.4) is 0 Å². The van der Waals surface area contributed by atoms with Gasteiger partial charge in [0.25, 0.3) is 0 Å². The largest absolute Gasteiger partial charge is 0.481 e. The van der Waals surface area contributed by atoms with Crippen LogP contribution in [0, 0.1) is 0 Å². The maximum Gasteiger partial charge on any atom is 0.303 e. The smallest absolute Gasteiger partial charge is 0.303 e. The molecule has 0 heterocycles. The normalized spacial score (nSPS) is 12.0. The molecule has 0 bridgehead atoms. The summed E-state index contributed by atoms with van der Waals surface area (Å²) in [5.74, 6) is -0.978. The summed E-state index contributed by atoms with van der Waals surface area (Å²) >= 11 is 34.2. The highest BCUT2D eigenvalue weighted by molar-refractivity contribution is 6.32. The lowest BCUT2D eigenvalue weighted by Gasteiger charge is -2.12. The first kappa shape index (κ1) is 75.9. The first-order chi connectivity index (χ1) is 37.0. The maximum absolute atomic E-state index is 10.8. The second-order valence-electron chi connectivity index (χ2n) is 17.7. The summed E-state index contributed by atoms with van der Waals surface area (Å²) in [5.41, 5.74) is 29.1. The molecule has 0 radical (unpaired) electrons. The summed E-state index contributed by atoms with van der Waals surface area (Å²) in [5, 5.41) is 17.7. The number of esters is 1. The van der Waals surface area contributed by atoms with Crippen molar-refractivity contribution in [1.29, 1.82) is 0 Å². The monoisotopic (exact) mass is 1200 g/mol. The molecule has 0 spiro atoms. The third-order valence-corrected chi connectivity index (χ3v) is 11.8. The van der Waals surface area contributed by atoms with Crippen molar-refractivity contribution in [3.05, 3.63) is 209 Å². The second kappa shape index (κ2) is 44.5. The molecule has 0 aliphatic carbocycles. The van der Waals surface area contributed by atoms with Gasteiger partial charge < -0.3 is 43.4 Å². The zero-order chi connectivity index (χ0) is 60.6. The minimum absolute atomic E-state index is 0.0255. The number of carboxylic acid groups (broad SMARTS) is 1. The molecule has 6 atom stereocenters. The highest BCUT2D eigenvalue weighted by Gasteiger charge is 2.07. The fraction of sp³-hybridized carbons (Fsp3) is 0.344. The molecule has 0 saturated heterocycles. The van der Waals surface area contributed by atoms with Gasteiger partial charge in [-0.2, -0.15) is 0 Å². The highest BCUT2D eigenvalue weighted by Crippen LogP contribution is 2.19. The van der Waals surface area contributed by atoms with Crippen LogP contribution in [0.15, 0.2) is 146 Å². The fourth-order valence-corrected chi connectivity index (χ4v) is 6.46. The molecule has 0 aliphatic heterocycles. The Hall–Kier alpha value is -5.22. The molecule has 6 aromatic carbocycles. The van der Waals surface area contributed by atoms with Crippen molar-refractivity contribution in [1.82, 2.24) is 10.6 Å². The van der Waals surface area contributed by atoms with Gasteiger partial charge in [-0.05, 0) is 154 Å². The van der Waals surface area contributed by atoms with Crippen LogP contribution in [0.4, 0.5) is 0 Å². The molecule has 6 unspecified atom stereocenters. The number of unbranched alkanes of at least 4 members (excludes halogenated alkanes) is 1. The first-order valence-electron chi connectivity index (χ1n) is 25.5. The highest BCUT2D eigenvalue weighted by atomic mass is 35.5. The molecule has 79 heavy (non-hydrogen) atoms. The molecule has 0 fully saturated rings. The summed E-state index contributed by atoms with van der Waals surface area (Å²) in [4.78, 5) is 41.0. The summed E-state index contributed by atoms with van der Waals surface area (Å²) in [6.07, 6.45) is 2.27. The van der Waals surface area contributed by atoms with E-state index in [1.165, 1.54) is 20.8 Å². The van der Waals surface area contributed by atoms with Gasteiger partial charge in [0, 0.05) is 81.5 Å². The van der Waals surface area contributed by atoms with Crippen molar-refractivity contribution in [2.45, 2.75) is 132 Å². The Balaban J connectivity index is 0. The van der Waals surface area contributed by atoms with Gasteiger partial charge in [0.1, 0.15) is 0 Å². The molecule has 2 amide bonds. The van der Waals surface area contributed by atoms with Crippen LogP contribution in [0.1, 0.15) is 165 Å². The number of carbonyl (C=O) groups excluding carboxylic acids is 3. The van der Waals surface area contributed by atoms with E-state index in [-0.39, 0.29) is 60.5 Å². The molecule has 11 N–H and O–H groups in total. The lowest BCUT2D eigenvalue weighted by Crippen LogP contribution is -2.23. The van der Waals surface area contributed by atoms with Crippen LogP contribution >= 0.6 is 69.6 Å². The number of rotatable bonds is 12. The van der Waals surface area contributed by atoms with Gasteiger partial charge in [0.15, 0.2) is 0 Å².